The first-order chi connectivity index (χ1) is 9.75. The second-order valence-corrected chi connectivity index (χ2v) is 7.82. The fraction of sp³-hybridized carbons (Fsp3) is 0.625. The van der Waals surface area contributed by atoms with Gasteiger partial charge in [-0.3, -0.25) is 0 Å². The van der Waals surface area contributed by atoms with E-state index in [-0.39, 0.29) is 12.0 Å². The maximum Gasteiger partial charge on any atom is 0.243 e. The van der Waals surface area contributed by atoms with Crippen LogP contribution in [0.1, 0.15) is 38.8 Å². The minimum atomic E-state index is -3.44. The molecule has 0 bridgehead atoms. The van der Waals surface area contributed by atoms with Gasteiger partial charge in [0.1, 0.15) is 0 Å². The molecule has 0 amide bonds. The molecule has 0 fully saturated rings. The highest BCUT2D eigenvalue weighted by Gasteiger charge is 2.27. The van der Waals surface area contributed by atoms with Gasteiger partial charge < -0.3 is 5.32 Å². The van der Waals surface area contributed by atoms with Crippen LogP contribution in [-0.2, 0) is 23.0 Å². The zero-order valence-electron chi connectivity index (χ0n) is 14.0. The Hall–Kier alpha value is -0.910. The Kier molecular flexibility index (Phi) is 6.38. The van der Waals surface area contributed by atoms with Gasteiger partial charge in [0.2, 0.25) is 10.0 Å². The Labute approximate surface area is 129 Å². The zero-order chi connectivity index (χ0) is 16.2. The number of aryl methyl sites for hydroxylation is 1. The first-order valence-corrected chi connectivity index (χ1v) is 8.94. The third kappa shape index (κ3) is 4.05. The molecule has 1 rings (SSSR count). The van der Waals surface area contributed by atoms with Gasteiger partial charge in [0.25, 0.3) is 0 Å². The van der Waals surface area contributed by atoms with Gasteiger partial charge in [0, 0.05) is 19.6 Å². The molecule has 0 saturated carbocycles. The van der Waals surface area contributed by atoms with Crippen molar-refractivity contribution in [3.8, 4) is 0 Å². The van der Waals surface area contributed by atoms with Crippen LogP contribution in [0.4, 0.5) is 0 Å². The van der Waals surface area contributed by atoms with E-state index in [0.29, 0.717) is 11.4 Å². The molecule has 1 aromatic carbocycles. The molecule has 0 spiro atoms. The molecular weight excluding hydrogens is 284 g/mol. The SMILES string of the molecule is CCc1ccc(S(=O)(=O)N(C)C(C)C(C)C)cc1CNC. The minimum Gasteiger partial charge on any atom is -0.316 e. The van der Waals surface area contributed by atoms with Crippen molar-refractivity contribution < 1.29 is 8.42 Å². The second-order valence-electron chi connectivity index (χ2n) is 5.82. The van der Waals surface area contributed by atoms with Crippen molar-refractivity contribution in [3.05, 3.63) is 29.3 Å². The van der Waals surface area contributed by atoms with Gasteiger partial charge in [-0.2, -0.15) is 4.31 Å². The van der Waals surface area contributed by atoms with Gasteiger partial charge >= 0.3 is 0 Å². The highest BCUT2D eigenvalue weighted by atomic mass is 32.2. The fourth-order valence-corrected chi connectivity index (χ4v) is 3.81. The molecule has 0 radical (unpaired) electrons. The molecule has 120 valence electrons. The maximum atomic E-state index is 12.7. The number of rotatable bonds is 7. The van der Waals surface area contributed by atoms with E-state index < -0.39 is 10.0 Å². The quantitative estimate of drug-likeness (QED) is 0.842. The maximum absolute atomic E-state index is 12.7. The molecule has 1 aromatic rings. The molecular formula is C16H28N2O2S. The van der Waals surface area contributed by atoms with Crippen molar-refractivity contribution in [2.45, 2.75) is 51.6 Å². The van der Waals surface area contributed by atoms with Gasteiger partial charge in [-0.1, -0.05) is 26.8 Å². The summed E-state index contributed by atoms with van der Waals surface area (Å²) in [5, 5.41) is 3.10. The van der Waals surface area contributed by atoms with E-state index >= 15 is 0 Å². The van der Waals surface area contributed by atoms with Crippen molar-refractivity contribution >= 4 is 10.0 Å². The normalized spacial score (nSPS) is 13.9. The summed E-state index contributed by atoms with van der Waals surface area (Å²) in [6.07, 6.45) is 0.898. The molecule has 0 aliphatic heterocycles. The van der Waals surface area contributed by atoms with Crippen LogP contribution < -0.4 is 5.32 Å². The summed E-state index contributed by atoms with van der Waals surface area (Å²) < 4.78 is 27.0. The van der Waals surface area contributed by atoms with E-state index in [0.717, 1.165) is 12.0 Å². The summed E-state index contributed by atoms with van der Waals surface area (Å²) in [6, 6.07) is 5.41. The predicted molar refractivity (Wildman–Crippen MR) is 87.8 cm³/mol. The van der Waals surface area contributed by atoms with Crippen molar-refractivity contribution in [2.75, 3.05) is 14.1 Å². The molecule has 0 aliphatic carbocycles. The van der Waals surface area contributed by atoms with Gasteiger partial charge in [-0.25, -0.2) is 8.42 Å². The van der Waals surface area contributed by atoms with Crippen LogP contribution in [0.2, 0.25) is 0 Å². The predicted octanol–water partition coefficient (Wildman–Crippen LogP) is 2.63. The van der Waals surface area contributed by atoms with Crippen molar-refractivity contribution in [2.24, 2.45) is 5.92 Å². The lowest BCUT2D eigenvalue weighted by Crippen LogP contribution is -2.38. The summed E-state index contributed by atoms with van der Waals surface area (Å²) in [5.74, 6) is 0.275. The number of hydrogen-bond donors (Lipinski definition) is 1. The number of sulfonamides is 1. The Bertz CT molecular complexity index is 568. The van der Waals surface area contributed by atoms with Crippen LogP contribution in [0.3, 0.4) is 0 Å². The number of hydrogen-bond acceptors (Lipinski definition) is 3. The molecule has 4 nitrogen and oxygen atoms in total. The highest BCUT2D eigenvalue weighted by molar-refractivity contribution is 7.89. The van der Waals surface area contributed by atoms with Gasteiger partial charge in [0.05, 0.1) is 4.90 Å². The average Bonchev–Trinajstić information content (AvgIpc) is 2.45. The van der Waals surface area contributed by atoms with E-state index in [9.17, 15) is 8.42 Å². The fourth-order valence-electron chi connectivity index (χ4n) is 2.27. The van der Waals surface area contributed by atoms with Crippen LogP contribution in [0.5, 0.6) is 0 Å². The number of benzene rings is 1. The summed E-state index contributed by atoms with van der Waals surface area (Å²) in [7, 11) is 0.0834. The van der Waals surface area contributed by atoms with E-state index in [1.807, 2.05) is 33.9 Å². The summed E-state index contributed by atoms with van der Waals surface area (Å²) in [4.78, 5) is 0.375. The first-order valence-electron chi connectivity index (χ1n) is 7.50. The monoisotopic (exact) mass is 312 g/mol. The third-order valence-electron chi connectivity index (χ3n) is 4.14. The topological polar surface area (TPSA) is 49.4 Å². The van der Waals surface area contributed by atoms with E-state index in [1.165, 1.54) is 9.87 Å². The van der Waals surface area contributed by atoms with Gasteiger partial charge in [-0.15, -0.1) is 0 Å². The van der Waals surface area contributed by atoms with Gasteiger partial charge in [0.15, 0.2) is 0 Å². The molecule has 0 saturated heterocycles. The second kappa shape index (κ2) is 7.38. The van der Waals surface area contributed by atoms with Crippen LogP contribution >= 0.6 is 0 Å². The standard InChI is InChI=1S/C16H28N2O2S/c1-7-14-8-9-16(10-15(14)11-17-5)21(19,20)18(6)13(4)12(2)3/h8-10,12-13,17H,7,11H2,1-6H3. The Morgan fingerprint density at radius 1 is 1.19 bits per heavy atom. The lowest BCUT2D eigenvalue weighted by atomic mass is 10.1. The zero-order valence-corrected chi connectivity index (χ0v) is 14.8. The highest BCUT2D eigenvalue weighted by Crippen LogP contribution is 2.23. The lowest BCUT2D eigenvalue weighted by Gasteiger charge is -2.27. The lowest BCUT2D eigenvalue weighted by molar-refractivity contribution is 0.315. The summed E-state index contributed by atoms with van der Waals surface area (Å²) in [5.41, 5.74) is 2.23. The molecule has 1 unspecified atom stereocenters. The van der Waals surface area contributed by atoms with Crippen molar-refractivity contribution in [3.63, 3.8) is 0 Å². The third-order valence-corrected chi connectivity index (χ3v) is 6.08. The van der Waals surface area contributed by atoms with Crippen molar-refractivity contribution in [1.82, 2.24) is 9.62 Å². The molecule has 0 aromatic heterocycles. The smallest absolute Gasteiger partial charge is 0.243 e. The molecule has 1 N–H and O–H groups in total. The first kappa shape index (κ1) is 18.1. The largest absolute Gasteiger partial charge is 0.316 e. The number of nitrogens with one attached hydrogen (secondary N) is 1. The van der Waals surface area contributed by atoms with Crippen LogP contribution in [0.15, 0.2) is 23.1 Å². The summed E-state index contributed by atoms with van der Waals surface area (Å²) in [6.45, 7) is 8.76. The van der Waals surface area contributed by atoms with Crippen LogP contribution in [0.25, 0.3) is 0 Å². The summed E-state index contributed by atoms with van der Waals surface area (Å²) >= 11 is 0. The number of nitrogens with zero attached hydrogens (tertiary/aromatic N) is 1. The van der Waals surface area contributed by atoms with Crippen LogP contribution in [0, 0.1) is 5.92 Å². The Balaban J connectivity index is 3.22. The Morgan fingerprint density at radius 2 is 1.81 bits per heavy atom. The average molecular weight is 312 g/mol. The van der Waals surface area contributed by atoms with Crippen LogP contribution in [-0.4, -0.2) is 32.9 Å². The molecule has 0 heterocycles. The molecule has 21 heavy (non-hydrogen) atoms. The van der Waals surface area contributed by atoms with E-state index in [1.54, 1.807) is 19.2 Å². The van der Waals surface area contributed by atoms with E-state index in [2.05, 4.69) is 12.2 Å². The minimum absolute atomic E-state index is 0.0337. The van der Waals surface area contributed by atoms with Crippen molar-refractivity contribution in [1.29, 1.82) is 0 Å². The van der Waals surface area contributed by atoms with E-state index in [4.69, 9.17) is 0 Å². The molecule has 0 aliphatic rings. The molecule has 5 heteroatoms. The van der Waals surface area contributed by atoms with Gasteiger partial charge in [-0.05, 0) is 49.6 Å². The molecule has 1 atom stereocenters. The Morgan fingerprint density at radius 3 is 2.29 bits per heavy atom.